The highest BCUT2D eigenvalue weighted by atomic mass is 16.6. The van der Waals surface area contributed by atoms with Gasteiger partial charge in [-0.2, -0.15) is 0 Å². The lowest BCUT2D eigenvalue weighted by Gasteiger charge is -2.26. The van der Waals surface area contributed by atoms with Crippen molar-refractivity contribution in [2.75, 3.05) is 6.61 Å². The number of hydrogen-bond donors (Lipinski definition) is 0. The van der Waals surface area contributed by atoms with Crippen LogP contribution in [0.4, 0.5) is 0 Å². The third kappa shape index (κ3) is 2.62. The Hall–Kier alpha value is -1.59. The average Bonchev–Trinajstić information content (AvgIpc) is 3.16. The van der Waals surface area contributed by atoms with Gasteiger partial charge >= 0.3 is 17.9 Å². The highest BCUT2D eigenvalue weighted by Crippen LogP contribution is 2.55. The van der Waals surface area contributed by atoms with Crippen molar-refractivity contribution in [2.24, 2.45) is 23.2 Å². The van der Waals surface area contributed by atoms with Crippen molar-refractivity contribution in [3.63, 3.8) is 0 Å². The highest BCUT2D eigenvalue weighted by Gasteiger charge is 2.63. The van der Waals surface area contributed by atoms with Crippen LogP contribution in [0.15, 0.2) is 0 Å². The molecule has 6 nitrogen and oxygen atoms in total. The molecule has 1 saturated heterocycles. The molecule has 5 atom stereocenters. The molecule has 2 bridgehead atoms. The second-order valence-corrected chi connectivity index (χ2v) is 7.20. The van der Waals surface area contributed by atoms with Crippen molar-refractivity contribution < 1.29 is 28.6 Å². The standard InChI is InChI=1S/C17H24O6/c1-4-17(3,5-2)16(20)21-8-12(18)22-13-9-6-10-11(7-9)15(19)23-14(10)13/h9-11,13-14H,4-8H2,1-3H3. The Morgan fingerprint density at radius 1 is 1.26 bits per heavy atom. The first-order valence-electron chi connectivity index (χ1n) is 8.46. The van der Waals surface area contributed by atoms with Gasteiger partial charge in [-0.1, -0.05) is 13.8 Å². The van der Waals surface area contributed by atoms with Crippen LogP contribution in [-0.2, 0) is 28.6 Å². The van der Waals surface area contributed by atoms with E-state index in [2.05, 4.69) is 0 Å². The molecule has 0 amide bonds. The van der Waals surface area contributed by atoms with Crippen LogP contribution in [0.5, 0.6) is 0 Å². The Balaban J connectivity index is 1.51. The topological polar surface area (TPSA) is 78.9 Å². The van der Waals surface area contributed by atoms with E-state index in [0.29, 0.717) is 12.8 Å². The van der Waals surface area contributed by atoms with Gasteiger partial charge in [0.1, 0.15) is 12.2 Å². The van der Waals surface area contributed by atoms with Gasteiger partial charge in [0.25, 0.3) is 0 Å². The summed E-state index contributed by atoms with van der Waals surface area (Å²) in [5.74, 6) is -0.722. The van der Waals surface area contributed by atoms with Gasteiger partial charge in [0.05, 0.1) is 11.3 Å². The maximum absolute atomic E-state index is 12.1. The number of hydrogen-bond acceptors (Lipinski definition) is 6. The van der Waals surface area contributed by atoms with Gasteiger partial charge in [-0.3, -0.25) is 9.59 Å². The number of esters is 3. The summed E-state index contributed by atoms with van der Waals surface area (Å²) in [6.45, 7) is 5.29. The molecule has 3 aliphatic rings. The molecular formula is C17H24O6. The summed E-state index contributed by atoms with van der Waals surface area (Å²) < 4.78 is 15.9. The molecule has 0 radical (unpaired) electrons. The van der Waals surface area contributed by atoms with E-state index in [9.17, 15) is 14.4 Å². The molecule has 1 aliphatic heterocycles. The normalized spacial score (nSPS) is 34.4. The van der Waals surface area contributed by atoms with Crippen molar-refractivity contribution in [1.29, 1.82) is 0 Å². The van der Waals surface area contributed by atoms with Crippen LogP contribution >= 0.6 is 0 Å². The zero-order valence-corrected chi connectivity index (χ0v) is 13.9. The molecular weight excluding hydrogens is 300 g/mol. The van der Waals surface area contributed by atoms with E-state index in [-0.39, 0.29) is 48.5 Å². The molecule has 0 aromatic rings. The highest BCUT2D eigenvalue weighted by molar-refractivity contribution is 5.80. The summed E-state index contributed by atoms with van der Waals surface area (Å²) >= 11 is 0. The summed E-state index contributed by atoms with van der Waals surface area (Å²) in [6.07, 6.45) is 2.25. The van der Waals surface area contributed by atoms with E-state index >= 15 is 0 Å². The van der Waals surface area contributed by atoms with Gasteiger partial charge in [0.15, 0.2) is 6.61 Å². The predicted molar refractivity (Wildman–Crippen MR) is 79.1 cm³/mol. The first-order chi connectivity index (χ1) is 10.9. The zero-order valence-electron chi connectivity index (χ0n) is 13.9. The minimum absolute atomic E-state index is 0.00686. The fraction of sp³-hybridized carbons (Fsp3) is 0.824. The van der Waals surface area contributed by atoms with Crippen molar-refractivity contribution in [2.45, 2.75) is 58.7 Å². The van der Waals surface area contributed by atoms with Crippen molar-refractivity contribution in [3.05, 3.63) is 0 Å². The molecule has 0 aromatic heterocycles. The Kier molecular flexibility index (Phi) is 4.10. The van der Waals surface area contributed by atoms with E-state index in [1.54, 1.807) is 0 Å². The molecule has 0 N–H and O–H groups in total. The second kappa shape index (κ2) is 5.80. The molecule has 3 rings (SSSR count). The van der Waals surface area contributed by atoms with Crippen LogP contribution in [0.3, 0.4) is 0 Å². The van der Waals surface area contributed by atoms with Crippen LogP contribution in [-0.4, -0.2) is 36.7 Å². The van der Waals surface area contributed by atoms with E-state index in [1.165, 1.54) is 0 Å². The monoisotopic (exact) mass is 324 g/mol. The quantitative estimate of drug-likeness (QED) is 0.548. The summed E-state index contributed by atoms with van der Waals surface area (Å²) in [4.78, 5) is 35.8. The van der Waals surface area contributed by atoms with Gasteiger partial charge in [-0.15, -0.1) is 0 Å². The number of rotatable bonds is 6. The minimum atomic E-state index is -0.569. The number of carbonyl (C=O) groups excluding carboxylic acids is 3. The minimum Gasteiger partial charge on any atom is -0.458 e. The van der Waals surface area contributed by atoms with Gasteiger partial charge < -0.3 is 14.2 Å². The first kappa shape index (κ1) is 16.3. The van der Waals surface area contributed by atoms with E-state index in [0.717, 1.165) is 12.8 Å². The maximum atomic E-state index is 12.1. The molecule has 5 unspecified atom stereocenters. The number of carbonyl (C=O) groups is 3. The van der Waals surface area contributed by atoms with Crippen molar-refractivity contribution in [3.8, 4) is 0 Å². The molecule has 1 heterocycles. The zero-order chi connectivity index (χ0) is 16.8. The molecule has 3 fully saturated rings. The third-order valence-electron chi connectivity index (χ3n) is 6.06. The first-order valence-corrected chi connectivity index (χ1v) is 8.46. The Morgan fingerprint density at radius 3 is 2.61 bits per heavy atom. The predicted octanol–water partition coefficient (Wildman–Crippen LogP) is 1.85. The maximum Gasteiger partial charge on any atom is 0.344 e. The fourth-order valence-electron chi connectivity index (χ4n) is 4.09. The molecule has 23 heavy (non-hydrogen) atoms. The summed E-state index contributed by atoms with van der Waals surface area (Å²) in [5, 5.41) is 0. The van der Waals surface area contributed by atoms with Crippen LogP contribution < -0.4 is 0 Å². The van der Waals surface area contributed by atoms with Crippen LogP contribution in [0, 0.1) is 23.2 Å². The SMILES string of the molecule is CCC(C)(CC)C(=O)OCC(=O)OC1C2CC3C(=O)OC1C3C2. The van der Waals surface area contributed by atoms with Gasteiger partial charge in [0.2, 0.25) is 0 Å². The number of ether oxygens (including phenoxy) is 3. The lowest BCUT2D eigenvalue weighted by atomic mass is 9.85. The molecule has 6 heteroatoms. The second-order valence-electron chi connectivity index (χ2n) is 7.20. The summed E-state index contributed by atoms with van der Waals surface area (Å²) in [5.41, 5.74) is -0.569. The van der Waals surface area contributed by atoms with E-state index in [1.807, 2.05) is 20.8 Å². The van der Waals surface area contributed by atoms with Gasteiger partial charge in [-0.25, -0.2) is 4.79 Å². The van der Waals surface area contributed by atoms with E-state index in [4.69, 9.17) is 14.2 Å². The fourth-order valence-corrected chi connectivity index (χ4v) is 4.09. The summed E-state index contributed by atoms with van der Waals surface area (Å²) in [6, 6.07) is 0. The van der Waals surface area contributed by atoms with Gasteiger partial charge in [-0.05, 0) is 32.6 Å². The smallest absolute Gasteiger partial charge is 0.344 e. The lowest BCUT2D eigenvalue weighted by molar-refractivity contribution is -0.173. The molecule has 2 saturated carbocycles. The largest absolute Gasteiger partial charge is 0.458 e. The lowest BCUT2D eigenvalue weighted by Crippen LogP contribution is -2.37. The van der Waals surface area contributed by atoms with Crippen molar-refractivity contribution in [1.82, 2.24) is 0 Å². The summed E-state index contributed by atoms with van der Waals surface area (Å²) in [7, 11) is 0. The molecule has 0 spiro atoms. The third-order valence-corrected chi connectivity index (χ3v) is 6.06. The van der Waals surface area contributed by atoms with Crippen LogP contribution in [0.1, 0.15) is 46.5 Å². The Bertz CT molecular complexity index is 523. The molecule has 128 valence electrons. The van der Waals surface area contributed by atoms with E-state index < -0.39 is 11.4 Å². The Morgan fingerprint density at radius 2 is 1.96 bits per heavy atom. The molecule has 2 aliphatic carbocycles. The Labute approximate surface area is 135 Å². The number of fused-ring (bicyclic) bond motifs is 1. The van der Waals surface area contributed by atoms with Crippen LogP contribution in [0.25, 0.3) is 0 Å². The van der Waals surface area contributed by atoms with Crippen LogP contribution in [0.2, 0.25) is 0 Å². The van der Waals surface area contributed by atoms with Crippen molar-refractivity contribution >= 4 is 17.9 Å². The average molecular weight is 324 g/mol. The molecule has 0 aromatic carbocycles. The van der Waals surface area contributed by atoms with Gasteiger partial charge in [0, 0.05) is 11.8 Å².